The summed E-state index contributed by atoms with van der Waals surface area (Å²) in [5, 5.41) is 8.14. The van der Waals surface area contributed by atoms with Gasteiger partial charge in [-0.25, -0.2) is 0 Å². The number of nitrogens with zero attached hydrogens (tertiary/aromatic N) is 1. The summed E-state index contributed by atoms with van der Waals surface area (Å²) in [6.45, 7) is 5.37. The van der Waals surface area contributed by atoms with Crippen LogP contribution in [-0.4, -0.2) is 0 Å². The normalized spacial score (nSPS) is 11.6. The van der Waals surface area contributed by atoms with Crippen molar-refractivity contribution in [2.24, 2.45) is 0 Å². The van der Waals surface area contributed by atoms with E-state index in [1.165, 1.54) is 12.3 Å². The molecule has 0 amide bonds. The molecule has 0 aromatic rings. The van der Waals surface area contributed by atoms with Crippen LogP contribution in [-0.2, 0) is 8.37 Å². The highest BCUT2D eigenvalue weighted by Gasteiger charge is 1.91. The lowest BCUT2D eigenvalue weighted by Gasteiger charge is -2.00. The highest BCUT2D eigenvalue weighted by molar-refractivity contribution is 7.90. The van der Waals surface area contributed by atoms with E-state index in [4.69, 9.17) is 13.6 Å². The van der Waals surface area contributed by atoms with Gasteiger partial charge in [-0.2, -0.15) is 5.26 Å². The number of allylic oxidation sites excluding steroid dienone is 5. The number of hydrogen-bond donors (Lipinski definition) is 0. The van der Waals surface area contributed by atoms with Gasteiger partial charge in [0.05, 0.1) is 12.1 Å². The highest BCUT2D eigenvalue weighted by atomic mass is 32.2. The van der Waals surface area contributed by atoms with Crippen LogP contribution < -0.4 is 0 Å². The van der Waals surface area contributed by atoms with Gasteiger partial charge in [0, 0.05) is 0 Å². The smallest absolute Gasteiger partial charge is 0.292 e. The summed E-state index contributed by atoms with van der Waals surface area (Å²) >= 11 is 0.785. The van der Waals surface area contributed by atoms with Gasteiger partial charge in [-0.15, -0.1) is 0 Å². The minimum absolute atomic E-state index is 0.653. The fourth-order valence-electron chi connectivity index (χ4n) is 0.475. The molecule has 0 saturated heterocycles. The molecule has 0 atom stereocenters. The average molecular weight is 209 g/mol. The maximum absolute atomic E-state index is 8.14. The molecule has 0 aliphatic rings. The van der Waals surface area contributed by atoms with E-state index in [0.29, 0.717) is 5.76 Å². The molecule has 4 heteroatoms. The van der Waals surface area contributed by atoms with Crippen molar-refractivity contribution >= 4 is 12.3 Å². The Morgan fingerprint density at radius 2 is 2.36 bits per heavy atom. The third-order valence-electron chi connectivity index (χ3n) is 1.05. The zero-order chi connectivity index (χ0) is 10.6. The second kappa shape index (κ2) is 9.49. The second-order valence-corrected chi connectivity index (χ2v) is 2.46. The van der Waals surface area contributed by atoms with Crippen LogP contribution in [0.5, 0.6) is 0 Å². The Labute approximate surface area is 88.4 Å². The van der Waals surface area contributed by atoms with E-state index in [9.17, 15) is 0 Å². The molecule has 3 nitrogen and oxygen atoms in total. The maximum atomic E-state index is 8.14. The molecule has 0 saturated carbocycles. The quantitative estimate of drug-likeness (QED) is 0.221. The van der Waals surface area contributed by atoms with Gasteiger partial charge in [-0.05, 0) is 19.1 Å². The van der Waals surface area contributed by atoms with Crippen LogP contribution in [0.3, 0.4) is 0 Å². The van der Waals surface area contributed by atoms with Gasteiger partial charge in [-0.1, -0.05) is 18.7 Å². The molecule has 0 aliphatic carbocycles. The predicted octanol–water partition coefficient (Wildman–Crippen LogP) is 3.27. The zero-order valence-corrected chi connectivity index (χ0v) is 8.66. The average Bonchev–Trinajstić information content (AvgIpc) is 2.22. The standard InChI is InChI=1S/C10H11NO2S/c1-3-5-7-10(4-2)13-14-12-9-6-8-11/h3-7,9H,1H2,2H3/b7-5-,9-6+,10-4+. The Bertz CT molecular complexity index is 287. The summed E-state index contributed by atoms with van der Waals surface area (Å²) in [7, 11) is 0. The Hall–Kier alpha value is -1.60. The van der Waals surface area contributed by atoms with Gasteiger partial charge in [0.25, 0.3) is 12.3 Å². The molecular weight excluding hydrogens is 198 g/mol. The van der Waals surface area contributed by atoms with E-state index in [2.05, 4.69) is 6.58 Å². The van der Waals surface area contributed by atoms with E-state index in [-0.39, 0.29) is 0 Å². The minimum atomic E-state index is 0.653. The van der Waals surface area contributed by atoms with Crippen LogP contribution in [0.25, 0.3) is 0 Å². The maximum Gasteiger partial charge on any atom is 0.292 e. The molecule has 0 heterocycles. The van der Waals surface area contributed by atoms with Gasteiger partial charge in [0.1, 0.15) is 12.0 Å². The first kappa shape index (κ1) is 12.4. The van der Waals surface area contributed by atoms with Crippen molar-refractivity contribution in [1.29, 1.82) is 5.26 Å². The van der Waals surface area contributed by atoms with Crippen molar-refractivity contribution in [3.05, 3.63) is 49.0 Å². The van der Waals surface area contributed by atoms with Crippen LogP contribution in [0.1, 0.15) is 6.92 Å². The molecule has 0 N–H and O–H groups in total. The van der Waals surface area contributed by atoms with E-state index in [1.807, 2.05) is 6.92 Å². The molecule has 0 fully saturated rings. The third-order valence-corrected chi connectivity index (χ3v) is 1.50. The summed E-state index contributed by atoms with van der Waals surface area (Å²) in [6, 6.07) is 1.79. The lowest BCUT2D eigenvalue weighted by Crippen LogP contribution is -1.78. The number of rotatable bonds is 6. The number of nitriles is 1. The fourth-order valence-corrected chi connectivity index (χ4v) is 0.845. The molecule has 0 radical (unpaired) electrons. The Morgan fingerprint density at radius 3 is 2.93 bits per heavy atom. The van der Waals surface area contributed by atoms with Crippen molar-refractivity contribution in [2.75, 3.05) is 0 Å². The lowest BCUT2D eigenvalue weighted by atomic mass is 10.4. The Kier molecular flexibility index (Phi) is 8.40. The summed E-state index contributed by atoms with van der Waals surface area (Å²) < 4.78 is 9.88. The van der Waals surface area contributed by atoms with Gasteiger partial charge in [-0.3, -0.25) is 0 Å². The molecule has 0 aromatic heterocycles. The van der Waals surface area contributed by atoms with Gasteiger partial charge in [0.2, 0.25) is 0 Å². The molecule has 0 spiro atoms. The molecule has 0 rings (SSSR count). The Balaban J connectivity index is 3.76. The van der Waals surface area contributed by atoms with Crippen molar-refractivity contribution in [2.45, 2.75) is 6.92 Å². The number of hydrogen-bond acceptors (Lipinski definition) is 4. The second-order valence-electron chi connectivity index (χ2n) is 1.97. The van der Waals surface area contributed by atoms with E-state index >= 15 is 0 Å². The van der Waals surface area contributed by atoms with Crippen LogP contribution >= 0.6 is 12.3 Å². The van der Waals surface area contributed by atoms with Crippen LogP contribution in [0, 0.1) is 11.3 Å². The predicted molar refractivity (Wildman–Crippen MR) is 57.6 cm³/mol. The fraction of sp³-hybridized carbons (Fsp3) is 0.100. The van der Waals surface area contributed by atoms with Crippen LogP contribution in [0.4, 0.5) is 0 Å². The largest absolute Gasteiger partial charge is 0.398 e. The summed E-state index contributed by atoms with van der Waals surface area (Å²) in [4.78, 5) is 0. The lowest BCUT2D eigenvalue weighted by molar-refractivity contribution is 0.435. The minimum Gasteiger partial charge on any atom is -0.398 e. The SMILES string of the molecule is C=C/C=C\C(=C/C)OSO/C=C/C#N. The van der Waals surface area contributed by atoms with Crippen molar-refractivity contribution in [3.63, 3.8) is 0 Å². The summed E-state index contributed by atoms with van der Waals surface area (Å²) in [5.74, 6) is 0.653. The van der Waals surface area contributed by atoms with Crippen LogP contribution in [0.15, 0.2) is 49.0 Å². The van der Waals surface area contributed by atoms with E-state index < -0.39 is 0 Å². The van der Waals surface area contributed by atoms with E-state index in [1.54, 1.807) is 30.4 Å². The van der Waals surface area contributed by atoms with Gasteiger partial charge >= 0.3 is 0 Å². The first-order valence-electron chi connectivity index (χ1n) is 3.85. The highest BCUT2D eigenvalue weighted by Crippen LogP contribution is 2.13. The third kappa shape index (κ3) is 7.07. The van der Waals surface area contributed by atoms with Crippen LogP contribution in [0.2, 0.25) is 0 Å². The first-order valence-corrected chi connectivity index (χ1v) is 4.52. The summed E-state index contributed by atoms with van der Waals surface area (Å²) in [5.41, 5.74) is 0. The first-order chi connectivity index (χ1) is 6.85. The molecule has 74 valence electrons. The topological polar surface area (TPSA) is 42.2 Å². The zero-order valence-electron chi connectivity index (χ0n) is 7.84. The molecule has 0 unspecified atom stereocenters. The molecule has 0 aromatic carbocycles. The Morgan fingerprint density at radius 1 is 1.57 bits per heavy atom. The monoisotopic (exact) mass is 209 g/mol. The van der Waals surface area contributed by atoms with Crippen molar-refractivity contribution in [1.82, 2.24) is 0 Å². The van der Waals surface area contributed by atoms with Crippen molar-refractivity contribution < 1.29 is 8.37 Å². The van der Waals surface area contributed by atoms with Gasteiger partial charge < -0.3 is 8.37 Å². The van der Waals surface area contributed by atoms with Crippen molar-refractivity contribution in [3.8, 4) is 6.07 Å². The molecule has 14 heavy (non-hydrogen) atoms. The van der Waals surface area contributed by atoms with E-state index in [0.717, 1.165) is 12.3 Å². The van der Waals surface area contributed by atoms with Gasteiger partial charge in [0.15, 0.2) is 0 Å². The molecule has 0 bridgehead atoms. The molecular formula is C10H11NO2S. The summed E-state index contributed by atoms with van der Waals surface area (Å²) in [6.07, 6.45) is 9.39. The molecule has 0 aliphatic heterocycles.